The van der Waals surface area contributed by atoms with Gasteiger partial charge in [-0.15, -0.1) is 0 Å². The second-order valence-electron chi connectivity index (χ2n) is 9.16. The number of methoxy groups -OCH3 is 1. The van der Waals surface area contributed by atoms with Gasteiger partial charge in [0.1, 0.15) is 11.8 Å². The van der Waals surface area contributed by atoms with E-state index in [-0.39, 0.29) is 24.8 Å². The van der Waals surface area contributed by atoms with E-state index in [2.05, 4.69) is 12.2 Å². The van der Waals surface area contributed by atoms with Crippen molar-refractivity contribution in [2.24, 2.45) is 0 Å². The topological polar surface area (TPSA) is 96.0 Å². The number of carbonyl (C=O) groups is 2. The van der Waals surface area contributed by atoms with Crippen molar-refractivity contribution in [3.8, 4) is 5.75 Å². The Bertz CT molecular complexity index is 1140. The van der Waals surface area contributed by atoms with Gasteiger partial charge in [-0.1, -0.05) is 50.6 Å². The van der Waals surface area contributed by atoms with Crippen LogP contribution in [0.15, 0.2) is 48.5 Å². The number of carbonyl (C=O) groups excluding carboxylic acids is 2. The van der Waals surface area contributed by atoms with Crippen LogP contribution in [0.3, 0.4) is 0 Å². The van der Waals surface area contributed by atoms with E-state index in [0.29, 0.717) is 37.4 Å². The number of benzene rings is 2. The molecule has 2 aromatic rings. The Morgan fingerprint density at radius 2 is 1.78 bits per heavy atom. The largest absolute Gasteiger partial charge is 0.497 e. The van der Waals surface area contributed by atoms with Crippen LogP contribution >= 0.6 is 0 Å². The molecule has 0 aliphatic heterocycles. The lowest BCUT2D eigenvalue weighted by Crippen LogP contribution is -2.49. The summed E-state index contributed by atoms with van der Waals surface area (Å²) in [7, 11) is -2.05. The maximum absolute atomic E-state index is 13.5. The van der Waals surface area contributed by atoms with Crippen LogP contribution in [0.25, 0.3) is 0 Å². The molecule has 1 atom stereocenters. The van der Waals surface area contributed by atoms with E-state index < -0.39 is 16.1 Å². The van der Waals surface area contributed by atoms with Gasteiger partial charge in [0.25, 0.3) is 0 Å². The van der Waals surface area contributed by atoms with Crippen molar-refractivity contribution in [1.82, 2.24) is 10.2 Å². The molecule has 0 heterocycles. The number of hydrogen-bond donors (Lipinski definition) is 1. The maximum atomic E-state index is 13.5. The minimum Gasteiger partial charge on any atom is -0.497 e. The lowest BCUT2D eigenvalue weighted by molar-refractivity contribution is -0.141. The van der Waals surface area contributed by atoms with E-state index >= 15 is 0 Å². The summed E-state index contributed by atoms with van der Waals surface area (Å²) in [6, 6.07) is 14.0. The number of sulfonamides is 1. The van der Waals surface area contributed by atoms with Gasteiger partial charge in [-0.05, 0) is 49.4 Å². The van der Waals surface area contributed by atoms with Gasteiger partial charge in [-0.2, -0.15) is 0 Å². The van der Waals surface area contributed by atoms with E-state index in [1.54, 1.807) is 29.2 Å². The SMILES string of the molecule is CCCCNC(=O)C(CC)N(Cc1ccccc1C)C(=O)CCCN(c1cccc(OC)c1)S(C)(=O)=O. The zero-order valence-corrected chi connectivity index (χ0v) is 23.5. The fraction of sp³-hybridized carbons (Fsp3) is 0.500. The van der Waals surface area contributed by atoms with Gasteiger partial charge in [-0.25, -0.2) is 8.42 Å². The molecule has 0 spiro atoms. The summed E-state index contributed by atoms with van der Waals surface area (Å²) in [6.07, 6.45) is 3.88. The number of amides is 2. The molecule has 0 radical (unpaired) electrons. The fourth-order valence-corrected chi connectivity index (χ4v) is 5.12. The Balaban J connectivity index is 2.22. The molecular weight excluding hydrogens is 490 g/mol. The van der Waals surface area contributed by atoms with Crippen LogP contribution < -0.4 is 14.4 Å². The van der Waals surface area contributed by atoms with Crippen molar-refractivity contribution in [3.05, 3.63) is 59.7 Å². The van der Waals surface area contributed by atoms with Gasteiger partial charge < -0.3 is 15.0 Å². The smallest absolute Gasteiger partial charge is 0.242 e. The third-order valence-electron chi connectivity index (χ3n) is 6.31. The number of nitrogens with one attached hydrogen (secondary N) is 1. The summed E-state index contributed by atoms with van der Waals surface area (Å²) in [5.41, 5.74) is 2.50. The number of aryl methyl sites for hydroxylation is 1. The highest BCUT2D eigenvalue weighted by Crippen LogP contribution is 2.24. The average molecular weight is 532 g/mol. The summed E-state index contributed by atoms with van der Waals surface area (Å²) in [5, 5.41) is 2.96. The van der Waals surface area contributed by atoms with E-state index in [4.69, 9.17) is 4.74 Å². The zero-order chi connectivity index (χ0) is 27.4. The Kier molecular flexibility index (Phi) is 11.9. The summed E-state index contributed by atoms with van der Waals surface area (Å²) >= 11 is 0. The quantitative estimate of drug-likeness (QED) is 0.346. The highest BCUT2D eigenvalue weighted by molar-refractivity contribution is 7.92. The third-order valence-corrected chi connectivity index (χ3v) is 7.50. The molecular formula is C28H41N3O5S. The number of anilines is 1. The average Bonchev–Trinajstić information content (AvgIpc) is 2.86. The molecule has 0 saturated heterocycles. The van der Waals surface area contributed by atoms with Crippen LogP contribution in [-0.2, 0) is 26.2 Å². The first-order valence-electron chi connectivity index (χ1n) is 12.9. The maximum Gasteiger partial charge on any atom is 0.242 e. The van der Waals surface area contributed by atoms with Gasteiger partial charge in [0, 0.05) is 32.1 Å². The summed E-state index contributed by atoms with van der Waals surface area (Å²) in [4.78, 5) is 28.2. The molecule has 0 fully saturated rings. The zero-order valence-electron chi connectivity index (χ0n) is 22.7. The number of ether oxygens (including phenoxy) is 1. The Labute approximate surface area is 222 Å². The number of unbranched alkanes of at least 4 members (excludes halogenated alkanes) is 1. The summed E-state index contributed by atoms with van der Waals surface area (Å²) in [5.74, 6) is 0.207. The van der Waals surface area contributed by atoms with Crippen molar-refractivity contribution in [3.63, 3.8) is 0 Å². The normalized spacial score (nSPS) is 12.0. The number of nitrogens with zero attached hydrogens (tertiary/aromatic N) is 2. The molecule has 0 saturated carbocycles. The van der Waals surface area contributed by atoms with Crippen molar-refractivity contribution in [1.29, 1.82) is 0 Å². The molecule has 2 aromatic carbocycles. The molecule has 204 valence electrons. The van der Waals surface area contributed by atoms with Crippen LogP contribution in [0.2, 0.25) is 0 Å². The Morgan fingerprint density at radius 1 is 1.05 bits per heavy atom. The van der Waals surface area contributed by atoms with Crippen LogP contribution in [0.4, 0.5) is 5.69 Å². The first-order valence-corrected chi connectivity index (χ1v) is 14.7. The van der Waals surface area contributed by atoms with Crippen LogP contribution in [0.1, 0.15) is 57.1 Å². The lowest BCUT2D eigenvalue weighted by atomic mass is 10.1. The lowest BCUT2D eigenvalue weighted by Gasteiger charge is -2.31. The first-order chi connectivity index (χ1) is 17.6. The monoisotopic (exact) mass is 531 g/mol. The number of hydrogen-bond acceptors (Lipinski definition) is 5. The first kappa shape index (κ1) is 30.2. The molecule has 2 rings (SSSR count). The highest BCUT2D eigenvalue weighted by Gasteiger charge is 2.29. The summed E-state index contributed by atoms with van der Waals surface area (Å²) < 4.78 is 31.6. The second-order valence-corrected chi connectivity index (χ2v) is 11.1. The third kappa shape index (κ3) is 9.07. The van der Waals surface area contributed by atoms with Crippen molar-refractivity contribution in [2.75, 3.05) is 30.8 Å². The molecule has 8 nitrogen and oxygen atoms in total. The molecule has 0 bridgehead atoms. The molecule has 0 aliphatic carbocycles. The van der Waals surface area contributed by atoms with Gasteiger partial charge in [0.2, 0.25) is 21.8 Å². The minimum absolute atomic E-state index is 0.112. The molecule has 0 aliphatic rings. The Morgan fingerprint density at radius 3 is 2.41 bits per heavy atom. The molecule has 2 amide bonds. The van der Waals surface area contributed by atoms with E-state index in [9.17, 15) is 18.0 Å². The second kappa shape index (κ2) is 14.6. The van der Waals surface area contributed by atoms with E-state index in [1.807, 2.05) is 38.1 Å². The van der Waals surface area contributed by atoms with Gasteiger partial charge in [0.15, 0.2) is 0 Å². The van der Waals surface area contributed by atoms with Crippen molar-refractivity contribution < 1.29 is 22.7 Å². The highest BCUT2D eigenvalue weighted by atomic mass is 32.2. The van der Waals surface area contributed by atoms with Crippen LogP contribution in [0, 0.1) is 6.92 Å². The standard InChI is InChI=1S/C28H41N3O5S/c1-6-8-18-29-28(33)26(7-2)30(21-23-14-10-9-13-22(23)3)27(32)17-12-19-31(37(5,34)35)24-15-11-16-25(20-24)36-4/h9-11,13-16,20,26H,6-8,12,17-19,21H2,1-5H3,(H,29,33). The van der Waals surface area contributed by atoms with E-state index in [1.165, 1.54) is 11.4 Å². The van der Waals surface area contributed by atoms with Crippen molar-refractivity contribution >= 4 is 27.5 Å². The molecule has 1 unspecified atom stereocenters. The van der Waals surface area contributed by atoms with Crippen molar-refractivity contribution in [2.45, 2.75) is 65.5 Å². The van der Waals surface area contributed by atoms with Crippen LogP contribution in [0.5, 0.6) is 5.75 Å². The molecule has 0 aromatic heterocycles. The van der Waals surface area contributed by atoms with Gasteiger partial charge in [-0.3, -0.25) is 13.9 Å². The molecule has 1 N–H and O–H groups in total. The molecule has 9 heteroatoms. The fourth-order valence-electron chi connectivity index (χ4n) is 4.17. The van der Waals surface area contributed by atoms with Gasteiger partial charge in [0.05, 0.1) is 19.1 Å². The molecule has 37 heavy (non-hydrogen) atoms. The Hall–Kier alpha value is -3.07. The van der Waals surface area contributed by atoms with E-state index in [0.717, 1.165) is 30.2 Å². The predicted molar refractivity (Wildman–Crippen MR) is 148 cm³/mol. The summed E-state index contributed by atoms with van der Waals surface area (Å²) in [6.45, 7) is 6.96. The predicted octanol–water partition coefficient (Wildman–Crippen LogP) is 4.27. The minimum atomic E-state index is -3.57. The van der Waals surface area contributed by atoms with Crippen LogP contribution in [-0.4, -0.2) is 57.6 Å². The number of rotatable bonds is 15. The van der Waals surface area contributed by atoms with Gasteiger partial charge >= 0.3 is 0 Å².